The molecule has 1 aromatic heterocycles. The van der Waals surface area contributed by atoms with Crippen molar-refractivity contribution in [3.63, 3.8) is 0 Å². The first kappa shape index (κ1) is 16.0. The molecule has 2 aromatic rings. The number of nitrogens with zero attached hydrogens (tertiary/aromatic N) is 4. The van der Waals surface area contributed by atoms with Crippen LogP contribution >= 0.6 is 0 Å². The van der Waals surface area contributed by atoms with Crippen molar-refractivity contribution in [3.8, 4) is 0 Å². The molecule has 0 radical (unpaired) electrons. The Morgan fingerprint density at radius 3 is 3.00 bits per heavy atom. The van der Waals surface area contributed by atoms with Crippen LogP contribution in [-0.2, 0) is 11.2 Å². The lowest BCUT2D eigenvalue weighted by Gasteiger charge is -2.34. The van der Waals surface area contributed by atoms with E-state index in [1.807, 2.05) is 35.2 Å². The van der Waals surface area contributed by atoms with Gasteiger partial charge >= 0.3 is 0 Å². The summed E-state index contributed by atoms with van der Waals surface area (Å²) in [4.78, 5) is 16.8. The summed E-state index contributed by atoms with van der Waals surface area (Å²) in [7, 11) is 0. The predicted octanol–water partition coefficient (Wildman–Crippen LogP) is 1.62. The topological polar surface area (TPSA) is 61.4 Å². The number of anilines is 2. The second kappa shape index (κ2) is 7.19. The molecule has 2 aliphatic heterocycles. The summed E-state index contributed by atoms with van der Waals surface area (Å²) in [6.45, 7) is 3.02. The van der Waals surface area contributed by atoms with Crippen molar-refractivity contribution in [2.45, 2.75) is 25.3 Å². The van der Waals surface area contributed by atoms with Crippen molar-refractivity contribution < 1.29 is 4.79 Å². The molecule has 1 fully saturated rings. The maximum absolute atomic E-state index is 12.6. The van der Waals surface area contributed by atoms with Gasteiger partial charge in [-0.2, -0.15) is 5.10 Å². The minimum absolute atomic E-state index is 0.154. The number of benzene rings is 1. The molecule has 25 heavy (non-hydrogen) atoms. The summed E-state index contributed by atoms with van der Waals surface area (Å²) < 4.78 is 0. The number of carbonyl (C=O) groups excluding carboxylic acids is 1. The number of para-hydroxylation sites is 1. The summed E-state index contributed by atoms with van der Waals surface area (Å²) in [5.74, 6) is 1.07. The average Bonchev–Trinajstić information content (AvgIpc) is 3.11. The first-order chi connectivity index (χ1) is 12.3. The van der Waals surface area contributed by atoms with Gasteiger partial charge in [-0.1, -0.05) is 18.2 Å². The van der Waals surface area contributed by atoms with Gasteiger partial charge in [0.25, 0.3) is 0 Å². The molecular formula is C19H23N5O. The molecule has 1 N–H and O–H groups in total. The molecule has 0 bridgehead atoms. The number of nitrogens with one attached hydrogen (secondary N) is 1. The van der Waals surface area contributed by atoms with Crippen LogP contribution < -0.4 is 15.1 Å². The van der Waals surface area contributed by atoms with Crippen molar-refractivity contribution in [2.24, 2.45) is 0 Å². The fourth-order valence-electron chi connectivity index (χ4n) is 3.74. The van der Waals surface area contributed by atoms with Gasteiger partial charge in [-0.25, -0.2) is 0 Å². The number of rotatable bonds is 4. The van der Waals surface area contributed by atoms with Crippen molar-refractivity contribution in [1.82, 2.24) is 15.5 Å². The van der Waals surface area contributed by atoms with Gasteiger partial charge in [-0.05, 0) is 43.0 Å². The molecule has 0 aliphatic carbocycles. The van der Waals surface area contributed by atoms with Crippen molar-refractivity contribution in [3.05, 3.63) is 48.2 Å². The maximum atomic E-state index is 12.6. The van der Waals surface area contributed by atoms with E-state index in [-0.39, 0.29) is 5.91 Å². The van der Waals surface area contributed by atoms with Crippen LogP contribution in [0.15, 0.2) is 42.6 Å². The smallest absolute Gasteiger partial charge is 0.240 e. The van der Waals surface area contributed by atoms with Crippen molar-refractivity contribution in [1.29, 1.82) is 0 Å². The quantitative estimate of drug-likeness (QED) is 0.919. The zero-order valence-corrected chi connectivity index (χ0v) is 14.3. The Morgan fingerprint density at radius 1 is 1.20 bits per heavy atom. The van der Waals surface area contributed by atoms with Gasteiger partial charge < -0.3 is 15.1 Å². The molecule has 6 heteroatoms. The van der Waals surface area contributed by atoms with E-state index in [0.29, 0.717) is 12.6 Å². The molecule has 1 aromatic carbocycles. The molecule has 1 atom stereocenters. The molecular weight excluding hydrogens is 314 g/mol. The van der Waals surface area contributed by atoms with Crippen molar-refractivity contribution >= 4 is 17.4 Å². The van der Waals surface area contributed by atoms with Crippen LogP contribution in [0.3, 0.4) is 0 Å². The van der Waals surface area contributed by atoms with Gasteiger partial charge in [0, 0.05) is 37.6 Å². The first-order valence-electron chi connectivity index (χ1n) is 8.95. The standard InChI is InChI=1S/C19H23N5O/c25-19(24-12-9-15-5-1-2-7-17(15)24)13-20-16-6-4-11-23(14-16)18-8-3-10-21-22-18/h1-3,5,7-8,10,16,20H,4,6,9,11-14H2/t16-/m0/s1. The summed E-state index contributed by atoms with van der Waals surface area (Å²) in [6.07, 6.45) is 4.82. The zero-order chi connectivity index (χ0) is 17.1. The number of hydrogen-bond donors (Lipinski definition) is 1. The Kier molecular flexibility index (Phi) is 4.61. The first-order valence-corrected chi connectivity index (χ1v) is 8.95. The molecule has 3 heterocycles. The van der Waals surface area contributed by atoms with Crippen LogP contribution in [0.2, 0.25) is 0 Å². The lowest BCUT2D eigenvalue weighted by atomic mass is 10.1. The van der Waals surface area contributed by atoms with E-state index >= 15 is 0 Å². The average molecular weight is 337 g/mol. The Balaban J connectivity index is 1.33. The number of amides is 1. The molecule has 130 valence electrons. The van der Waals surface area contributed by atoms with Crippen LogP contribution in [0, 0.1) is 0 Å². The number of hydrogen-bond acceptors (Lipinski definition) is 5. The van der Waals surface area contributed by atoms with Gasteiger partial charge in [-0.3, -0.25) is 4.79 Å². The fraction of sp³-hybridized carbons (Fsp3) is 0.421. The fourth-order valence-corrected chi connectivity index (χ4v) is 3.74. The van der Waals surface area contributed by atoms with Crippen LogP contribution in [-0.4, -0.2) is 48.3 Å². The van der Waals surface area contributed by atoms with E-state index in [4.69, 9.17) is 0 Å². The zero-order valence-electron chi connectivity index (χ0n) is 14.3. The Morgan fingerprint density at radius 2 is 2.12 bits per heavy atom. The molecule has 1 saturated heterocycles. The highest BCUT2D eigenvalue weighted by Crippen LogP contribution is 2.27. The third kappa shape index (κ3) is 3.49. The SMILES string of the molecule is O=C(CN[C@H]1CCCN(c2cccnn2)C1)N1CCc2ccccc21. The molecule has 0 saturated carbocycles. The van der Waals surface area contributed by atoms with E-state index in [2.05, 4.69) is 26.5 Å². The molecule has 1 amide bonds. The second-order valence-corrected chi connectivity index (χ2v) is 6.67. The van der Waals surface area contributed by atoms with Gasteiger partial charge in [0.2, 0.25) is 5.91 Å². The number of carbonyl (C=O) groups is 1. The number of piperidine rings is 1. The third-order valence-corrected chi connectivity index (χ3v) is 5.03. The summed E-state index contributed by atoms with van der Waals surface area (Å²) in [5, 5.41) is 11.6. The Bertz CT molecular complexity index is 736. The molecule has 6 nitrogen and oxygen atoms in total. The van der Waals surface area contributed by atoms with Crippen LogP contribution in [0.25, 0.3) is 0 Å². The van der Waals surface area contributed by atoms with E-state index in [9.17, 15) is 4.79 Å². The normalized spacial score (nSPS) is 19.8. The highest BCUT2D eigenvalue weighted by molar-refractivity contribution is 5.96. The van der Waals surface area contributed by atoms with Gasteiger partial charge in [0.15, 0.2) is 5.82 Å². The molecule has 0 unspecified atom stereocenters. The van der Waals surface area contributed by atoms with E-state index < -0.39 is 0 Å². The van der Waals surface area contributed by atoms with Crippen LogP contribution in [0.5, 0.6) is 0 Å². The molecule has 4 rings (SSSR count). The summed E-state index contributed by atoms with van der Waals surface area (Å²) in [5.41, 5.74) is 2.33. The van der Waals surface area contributed by atoms with Crippen LogP contribution in [0.4, 0.5) is 11.5 Å². The lowest BCUT2D eigenvalue weighted by Crippen LogP contribution is -2.49. The highest BCUT2D eigenvalue weighted by Gasteiger charge is 2.26. The van der Waals surface area contributed by atoms with Gasteiger partial charge in [0.05, 0.1) is 6.54 Å². The Hall–Kier alpha value is -2.47. The monoisotopic (exact) mass is 337 g/mol. The third-order valence-electron chi connectivity index (χ3n) is 5.03. The Labute approximate surface area is 147 Å². The van der Waals surface area contributed by atoms with Crippen LogP contribution in [0.1, 0.15) is 18.4 Å². The largest absolute Gasteiger partial charge is 0.354 e. The predicted molar refractivity (Wildman–Crippen MR) is 97.8 cm³/mol. The molecule has 0 spiro atoms. The van der Waals surface area contributed by atoms with E-state index in [0.717, 1.165) is 50.4 Å². The van der Waals surface area contributed by atoms with Gasteiger partial charge in [-0.15, -0.1) is 5.10 Å². The van der Waals surface area contributed by atoms with Crippen molar-refractivity contribution in [2.75, 3.05) is 36.0 Å². The minimum Gasteiger partial charge on any atom is -0.354 e. The summed E-state index contributed by atoms with van der Waals surface area (Å²) in [6, 6.07) is 12.4. The lowest BCUT2D eigenvalue weighted by molar-refractivity contribution is -0.117. The highest BCUT2D eigenvalue weighted by atomic mass is 16.2. The second-order valence-electron chi connectivity index (χ2n) is 6.67. The van der Waals surface area contributed by atoms with Gasteiger partial charge in [0.1, 0.15) is 0 Å². The minimum atomic E-state index is 0.154. The maximum Gasteiger partial charge on any atom is 0.240 e. The van der Waals surface area contributed by atoms with E-state index in [1.54, 1.807) is 6.20 Å². The van der Waals surface area contributed by atoms with E-state index in [1.165, 1.54) is 5.56 Å². The number of aromatic nitrogens is 2. The summed E-state index contributed by atoms with van der Waals surface area (Å²) >= 11 is 0. The molecule has 2 aliphatic rings. The number of fused-ring (bicyclic) bond motifs is 1.